The highest BCUT2D eigenvalue weighted by atomic mass is 32.2. The maximum absolute atomic E-state index is 12.3. The van der Waals surface area contributed by atoms with Gasteiger partial charge in [-0.15, -0.1) is 10.2 Å². The number of amides is 1. The Morgan fingerprint density at radius 1 is 1.38 bits per heavy atom. The molecule has 1 amide bonds. The maximum Gasteiger partial charge on any atom is 0.233 e. The highest BCUT2D eigenvalue weighted by Crippen LogP contribution is 2.23. The van der Waals surface area contributed by atoms with E-state index in [2.05, 4.69) is 10.2 Å². The molecule has 0 saturated carbocycles. The predicted molar refractivity (Wildman–Crippen MR) is 82.1 cm³/mol. The van der Waals surface area contributed by atoms with Crippen LogP contribution in [-0.4, -0.2) is 56.6 Å². The summed E-state index contributed by atoms with van der Waals surface area (Å²) in [5.41, 5.74) is 5.79. The molecule has 1 fully saturated rings. The van der Waals surface area contributed by atoms with Crippen molar-refractivity contribution < 1.29 is 9.53 Å². The molecule has 0 bridgehead atoms. The van der Waals surface area contributed by atoms with Gasteiger partial charge in [-0.1, -0.05) is 11.8 Å². The Kier molecular flexibility index (Phi) is 5.10. The van der Waals surface area contributed by atoms with Crippen LogP contribution in [0, 0.1) is 0 Å². The molecule has 0 aromatic carbocycles. The SMILES string of the molecule is CC1CN(C(=O)CSc2nnc(N)n2C(C)C)CC(C)O1. The largest absolute Gasteiger partial charge is 0.372 e. The number of ether oxygens (including phenoxy) is 1. The lowest BCUT2D eigenvalue weighted by Crippen LogP contribution is -2.48. The van der Waals surface area contributed by atoms with Crippen molar-refractivity contribution in [2.75, 3.05) is 24.6 Å². The van der Waals surface area contributed by atoms with Crippen LogP contribution in [0.5, 0.6) is 0 Å². The molecule has 2 atom stereocenters. The molecule has 0 radical (unpaired) electrons. The summed E-state index contributed by atoms with van der Waals surface area (Å²) in [7, 11) is 0. The van der Waals surface area contributed by atoms with E-state index in [1.807, 2.05) is 37.2 Å². The Balaban J connectivity index is 1.95. The van der Waals surface area contributed by atoms with Gasteiger partial charge >= 0.3 is 0 Å². The second kappa shape index (κ2) is 6.65. The molecule has 2 N–H and O–H groups in total. The minimum absolute atomic E-state index is 0.0812. The van der Waals surface area contributed by atoms with Crippen molar-refractivity contribution in [2.24, 2.45) is 0 Å². The van der Waals surface area contributed by atoms with Gasteiger partial charge in [-0.05, 0) is 27.7 Å². The van der Waals surface area contributed by atoms with Gasteiger partial charge in [0.2, 0.25) is 11.9 Å². The molecule has 8 heteroatoms. The average molecular weight is 313 g/mol. The number of hydrogen-bond acceptors (Lipinski definition) is 6. The van der Waals surface area contributed by atoms with Crippen LogP contribution < -0.4 is 5.73 Å². The highest BCUT2D eigenvalue weighted by Gasteiger charge is 2.26. The number of hydrogen-bond donors (Lipinski definition) is 1. The van der Waals surface area contributed by atoms with E-state index in [4.69, 9.17) is 10.5 Å². The number of carbonyl (C=O) groups is 1. The molecule has 118 valence electrons. The Bertz CT molecular complexity index is 495. The van der Waals surface area contributed by atoms with E-state index in [-0.39, 0.29) is 24.2 Å². The molecule has 1 aliphatic rings. The normalized spacial score (nSPS) is 22.8. The summed E-state index contributed by atoms with van der Waals surface area (Å²) in [5.74, 6) is 0.817. The number of aromatic nitrogens is 3. The van der Waals surface area contributed by atoms with Gasteiger partial charge in [-0.25, -0.2) is 0 Å². The predicted octanol–water partition coefficient (Wildman–Crippen LogP) is 1.17. The smallest absolute Gasteiger partial charge is 0.233 e. The first-order valence-corrected chi connectivity index (χ1v) is 8.13. The molecule has 2 rings (SSSR count). The zero-order valence-electron chi connectivity index (χ0n) is 12.9. The molecule has 1 aliphatic heterocycles. The molecule has 2 unspecified atom stereocenters. The Labute approximate surface area is 129 Å². The standard InChI is InChI=1S/C13H23N5O2S/c1-8(2)18-12(14)15-16-13(18)21-7-11(19)17-5-9(3)20-10(4)6-17/h8-10H,5-7H2,1-4H3,(H2,14,15). The number of morpholine rings is 1. The van der Waals surface area contributed by atoms with Crippen LogP contribution >= 0.6 is 11.8 Å². The summed E-state index contributed by atoms with van der Waals surface area (Å²) in [6, 6.07) is 0.168. The van der Waals surface area contributed by atoms with E-state index in [9.17, 15) is 4.79 Å². The summed E-state index contributed by atoms with van der Waals surface area (Å²) in [6.07, 6.45) is 0.162. The van der Waals surface area contributed by atoms with Crippen molar-refractivity contribution in [2.45, 2.75) is 51.1 Å². The number of nitrogen functional groups attached to an aromatic ring is 1. The van der Waals surface area contributed by atoms with Crippen molar-refractivity contribution in [3.8, 4) is 0 Å². The van der Waals surface area contributed by atoms with Gasteiger partial charge in [-0.2, -0.15) is 0 Å². The van der Waals surface area contributed by atoms with Crippen molar-refractivity contribution in [3.05, 3.63) is 0 Å². The molecule has 1 aromatic heterocycles. The van der Waals surface area contributed by atoms with Crippen LogP contribution in [0.1, 0.15) is 33.7 Å². The van der Waals surface area contributed by atoms with Crippen LogP contribution in [-0.2, 0) is 9.53 Å². The fourth-order valence-electron chi connectivity index (χ4n) is 2.47. The zero-order valence-corrected chi connectivity index (χ0v) is 13.8. The monoisotopic (exact) mass is 313 g/mol. The summed E-state index contributed by atoms with van der Waals surface area (Å²) < 4.78 is 7.48. The minimum atomic E-state index is 0.0812. The number of anilines is 1. The van der Waals surface area contributed by atoms with Crippen molar-refractivity contribution in [1.82, 2.24) is 19.7 Å². The van der Waals surface area contributed by atoms with Crippen LogP contribution in [0.25, 0.3) is 0 Å². The van der Waals surface area contributed by atoms with Crippen LogP contribution in [0.4, 0.5) is 5.95 Å². The molecule has 1 aromatic rings. The van der Waals surface area contributed by atoms with Gasteiger partial charge in [-0.3, -0.25) is 9.36 Å². The molecular weight excluding hydrogens is 290 g/mol. The Hall–Kier alpha value is -1.28. The number of nitrogens with two attached hydrogens (primary N) is 1. The van der Waals surface area contributed by atoms with E-state index in [0.29, 0.717) is 29.9 Å². The van der Waals surface area contributed by atoms with Gasteiger partial charge in [0.1, 0.15) is 0 Å². The third kappa shape index (κ3) is 3.88. The third-order valence-corrected chi connectivity index (χ3v) is 4.23. The fraction of sp³-hybridized carbons (Fsp3) is 0.769. The molecular formula is C13H23N5O2S. The van der Waals surface area contributed by atoms with Gasteiger partial charge in [0.25, 0.3) is 0 Å². The number of carbonyl (C=O) groups excluding carboxylic acids is 1. The van der Waals surface area contributed by atoms with E-state index >= 15 is 0 Å². The molecule has 21 heavy (non-hydrogen) atoms. The number of thioether (sulfide) groups is 1. The minimum Gasteiger partial charge on any atom is -0.372 e. The topological polar surface area (TPSA) is 86.3 Å². The highest BCUT2D eigenvalue weighted by molar-refractivity contribution is 7.99. The van der Waals surface area contributed by atoms with E-state index in [1.54, 1.807) is 0 Å². The lowest BCUT2D eigenvalue weighted by atomic mass is 10.2. The van der Waals surface area contributed by atoms with Crippen LogP contribution in [0.15, 0.2) is 5.16 Å². The Morgan fingerprint density at radius 3 is 2.57 bits per heavy atom. The first-order valence-electron chi connectivity index (χ1n) is 7.15. The molecule has 0 aliphatic carbocycles. The molecule has 1 saturated heterocycles. The number of nitrogens with zero attached hydrogens (tertiary/aromatic N) is 4. The second-order valence-electron chi connectivity index (χ2n) is 5.65. The van der Waals surface area contributed by atoms with E-state index in [0.717, 1.165) is 0 Å². The third-order valence-electron chi connectivity index (χ3n) is 3.30. The van der Waals surface area contributed by atoms with Gasteiger partial charge in [0.05, 0.1) is 18.0 Å². The van der Waals surface area contributed by atoms with E-state index < -0.39 is 0 Å². The first kappa shape index (κ1) is 16.1. The molecule has 2 heterocycles. The maximum atomic E-state index is 12.3. The van der Waals surface area contributed by atoms with Crippen LogP contribution in [0.2, 0.25) is 0 Å². The molecule has 7 nitrogen and oxygen atoms in total. The van der Waals surface area contributed by atoms with Crippen molar-refractivity contribution >= 4 is 23.6 Å². The number of rotatable bonds is 4. The van der Waals surface area contributed by atoms with Gasteiger partial charge < -0.3 is 15.4 Å². The zero-order chi connectivity index (χ0) is 15.6. The molecule has 0 spiro atoms. The lowest BCUT2D eigenvalue weighted by Gasteiger charge is -2.35. The summed E-state index contributed by atoms with van der Waals surface area (Å²) in [5, 5.41) is 8.60. The van der Waals surface area contributed by atoms with Gasteiger partial charge in [0.15, 0.2) is 5.16 Å². The first-order chi connectivity index (χ1) is 9.88. The van der Waals surface area contributed by atoms with E-state index in [1.165, 1.54) is 11.8 Å². The van der Waals surface area contributed by atoms with Gasteiger partial charge in [0, 0.05) is 19.1 Å². The lowest BCUT2D eigenvalue weighted by molar-refractivity contribution is -0.140. The van der Waals surface area contributed by atoms with Crippen molar-refractivity contribution in [1.29, 1.82) is 0 Å². The second-order valence-corrected chi connectivity index (χ2v) is 6.59. The van der Waals surface area contributed by atoms with Crippen molar-refractivity contribution in [3.63, 3.8) is 0 Å². The quantitative estimate of drug-likeness (QED) is 0.840. The van der Waals surface area contributed by atoms with Crippen LogP contribution in [0.3, 0.4) is 0 Å². The summed E-state index contributed by atoms with van der Waals surface area (Å²) >= 11 is 1.38. The fourth-order valence-corrected chi connectivity index (χ4v) is 3.45. The average Bonchev–Trinajstić information content (AvgIpc) is 2.76. The summed E-state index contributed by atoms with van der Waals surface area (Å²) in [6.45, 7) is 9.28. The Morgan fingerprint density at radius 2 is 2.00 bits per heavy atom. The summed E-state index contributed by atoms with van der Waals surface area (Å²) in [4.78, 5) is 14.2.